The van der Waals surface area contributed by atoms with E-state index >= 15 is 0 Å². The van der Waals surface area contributed by atoms with Crippen molar-refractivity contribution in [3.63, 3.8) is 0 Å². The summed E-state index contributed by atoms with van der Waals surface area (Å²) >= 11 is 0. The van der Waals surface area contributed by atoms with E-state index in [0.29, 0.717) is 6.04 Å². The molecular formula is C17H34N4. The van der Waals surface area contributed by atoms with Crippen molar-refractivity contribution in [2.24, 2.45) is 0 Å². The Morgan fingerprint density at radius 2 is 1.86 bits per heavy atom. The highest BCUT2D eigenvalue weighted by atomic mass is 15.3. The molecule has 1 unspecified atom stereocenters. The summed E-state index contributed by atoms with van der Waals surface area (Å²) in [5, 5.41) is 8.30. The average molecular weight is 294 g/mol. The highest BCUT2D eigenvalue weighted by molar-refractivity contribution is 5.18. The fourth-order valence-corrected chi connectivity index (χ4v) is 3.34. The second kappa shape index (κ2) is 8.54. The average Bonchev–Trinajstić information content (AvgIpc) is 2.92. The van der Waals surface area contributed by atoms with Gasteiger partial charge in [-0.25, -0.2) is 0 Å². The first-order valence-electron chi connectivity index (χ1n) is 8.48. The SMILES string of the molecule is CCCNC(c1cnn(CCC)c1)C(CC)(CC)N(C)C. The van der Waals surface area contributed by atoms with Crippen molar-refractivity contribution in [2.75, 3.05) is 20.6 Å². The van der Waals surface area contributed by atoms with Crippen LogP contribution in [0.25, 0.3) is 0 Å². The minimum absolute atomic E-state index is 0.134. The molecule has 0 amide bonds. The highest BCUT2D eigenvalue weighted by Gasteiger charge is 2.39. The predicted molar refractivity (Wildman–Crippen MR) is 90.6 cm³/mol. The van der Waals surface area contributed by atoms with Crippen molar-refractivity contribution in [3.8, 4) is 0 Å². The Morgan fingerprint density at radius 1 is 1.19 bits per heavy atom. The topological polar surface area (TPSA) is 33.1 Å². The molecule has 0 saturated heterocycles. The summed E-state index contributed by atoms with van der Waals surface area (Å²) in [5.74, 6) is 0. The molecular weight excluding hydrogens is 260 g/mol. The van der Waals surface area contributed by atoms with Gasteiger partial charge in [-0.1, -0.05) is 27.7 Å². The van der Waals surface area contributed by atoms with E-state index in [9.17, 15) is 0 Å². The van der Waals surface area contributed by atoms with Crippen LogP contribution >= 0.6 is 0 Å². The quantitative estimate of drug-likeness (QED) is 0.717. The molecule has 0 saturated carbocycles. The minimum atomic E-state index is 0.134. The normalized spacial score (nSPS) is 13.9. The van der Waals surface area contributed by atoms with E-state index in [0.717, 1.165) is 38.8 Å². The lowest BCUT2D eigenvalue weighted by atomic mass is 9.80. The van der Waals surface area contributed by atoms with Gasteiger partial charge in [0.05, 0.1) is 12.2 Å². The van der Waals surface area contributed by atoms with Crippen molar-refractivity contribution in [3.05, 3.63) is 18.0 Å². The minimum Gasteiger partial charge on any atom is -0.308 e. The zero-order valence-electron chi connectivity index (χ0n) is 14.8. The number of hydrogen-bond donors (Lipinski definition) is 1. The molecule has 0 radical (unpaired) electrons. The maximum atomic E-state index is 4.53. The molecule has 122 valence electrons. The molecule has 1 aromatic rings. The highest BCUT2D eigenvalue weighted by Crippen LogP contribution is 2.35. The van der Waals surface area contributed by atoms with E-state index in [2.05, 4.69) is 68.0 Å². The van der Waals surface area contributed by atoms with Gasteiger partial charge in [0.15, 0.2) is 0 Å². The first-order valence-corrected chi connectivity index (χ1v) is 8.48. The second-order valence-corrected chi connectivity index (χ2v) is 6.13. The Morgan fingerprint density at radius 3 is 2.33 bits per heavy atom. The molecule has 0 aliphatic heterocycles. The largest absolute Gasteiger partial charge is 0.308 e. The summed E-state index contributed by atoms with van der Waals surface area (Å²) < 4.78 is 2.07. The third kappa shape index (κ3) is 4.07. The first kappa shape index (κ1) is 18.2. The summed E-state index contributed by atoms with van der Waals surface area (Å²) in [6.07, 6.45) is 8.78. The van der Waals surface area contributed by atoms with Crippen molar-refractivity contribution in [1.29, 1.82) is 0 Å². The molecule has 0 fully saturated rings. The van der Waals surface area contributed by atoms with Gasteiger partial charge in [0.1, 0.15) is 0 Å². The third-order valence-corrected chi connectivity index (χ3v) is 4.69. The Balaban J connectivity index is 3.12. The van der Waals surface area contributed by atoms with Crippen molar-refractivity contribution >= 4 is 0 Å². The summed E-state index contributed by atoms with van der Waals surface area (Å²) in [4.78, 5) is 2.39. The fourth-order valence-electron chi connectivity index (χ4n) is 3.34. The Kier molecular flexibility index (Phi) is 7.40. The monoisotopic (exact) mass is 294 g/mol. The molecule has 1 N–H and O–H groups in total. The van der Waals surface area contributed by atoms with Crippen LogP contribution in [0.5, 0.6) is 0 Å². The van der Waals surface area contributed by atoms with Crippen molar-refractivity contribution in [2.45, 2.75) is 71.5 Å². The summed E-state index contributed by atoms with van der Waals surface area (Å²) in [6.45, 7) is 11.0. The maximum Gasteiger partial charge on any atom is 0.0538 e. The van der Waals surface area contributed by atoms with E-state index in [1.165, 1.54) is 5.56 Å². The zero-order chi connectivity index (χ0) is 15.9. The molecule has 0 spiro atoms. The smallest absolute Gasteiger partial charge is 0.0538 e. The molecule has 0 aliphatic rings. The molecule has 1 rings (SSSR count). The van der Waals surface area contributed by atoms with Crippen LogP contribution in [0.15, 0.2) is 12.4 Å². The molecule has 4 heteroatoms. The van der Waals surface area contributed by atoms with Crippen LogP contribution in [-0.2, 0) is 6.54 Å². The Bertz CT molecular complexity index is 393. The summed E-state index contributed by atoms with van der Waals surface area (Å²) in [6, 6.07) is 0.327. The van der Waals surface area contributed by atoms with E-state index in [4.69, 9.17) is 0 Å². The zero-order valence-corrected chi connectivity index (χ0v) is 14.8. The van der Waals surface area contributed by atoms with Gasteiger partial charge in [0.2, 0.25) is 0 Å². The van der Waals surface area contributed by atoms with Crippen LogP contribution in [0.2, 0.25) is 0 Å². The Labute approximate surface area is 130 Å². The second-order valence-electron chi connectivity index (χ2n) is 6.13. The van der Waals surface area contributed by atoms with Gasteiger partial charge in [0, 0.05) is 23.8 Å². The van der Waals surface area contributed by atoms with Gasteiger partial charge >= 0.3 is 0 Å². The first-order chi connectivity index (χ1) is 10.1. The third-order valence-electron chi connectivity index (χ3n) is 4.69. The van der Waals surface area contributed by atoms with Crippen LogP contribution in [-0.4, -0.2) is 40.9 Å². The standard InChI is InChI=1S/C17H34N4/c1-7-11-18-16(17(9-3,10-4)20(5)6)15-13-19-21(14-15)12-8-2/h13-14,16,18H,7-12H2,1-6H3. The number of nitrogens with one attached hydrogen (secondary N) is 1. The summed E-state index contributed by atoms with van der Waals surface area (Å²) in [7, 11) is 4.40. The maximum absolute atomic E-state index is 4.53. The van der Waals surface area contributed by atoms with Crippen molar-refractivity contribution < 1.29 is 0 Å². The number of aromatic nitrogens is 2. The van der Waals surface area contributed by atoms with Gasteiger partial charge in [-0.3, -0.25) is 4.68 Å². The molecule has 4 nitrogen and oxygen atoms in total. The molecule has 1 aromatic heterocycles. The van der Waals surface area contributed by atoms with Gasteiger partial charge in [0.25, 0.3) is 0 Å². The number of aryl methyl sites for hydroxylation is 1. The van der Waals surface area contributed by atoms with Gasteiger partial charge in [-0.2, -0.15) is 5.10 Å². The molecule has 0 aliphatic carbocycles. The fraction of sp³-hybridized carbons (Fsp3) is 0.824. The number of likely N-dealkylation sites (N-methyl/N-ethyl adjacent to an activating group) is 1. The van der Waals surface area contributed by atoms with Gasteiger partial charge < -0.3 is 10.2 Å². The number of nitrogens with zero attached hydrogens (tertiary/aromatic N) is 3. The summed E-state index contributed by atoms with van der Waals surface area (Å²) in [5.41, 5.74) is 1.45. The molecule has 1 heterocycles. The van der Waals surface area contributed by atoms with E-state index in [1.807, 2.05) is 6.20 Å². The van der Waals surface area contributed by atoms with Crippen LogP contribution in [0.3, 0.4) is 0 Å². The van der Waals surface area contributed by atoms with E-state index in [1.54, 1.807) is 0 Å². The number of rotatable bonds is 10. The molecule has 0 bridgehead atoms. The van der Waals surface area contributed by atoms with Crippen LogP contribution < -0.4 is 5.32 Å². The molecule has 21 heavy (non-hydrogen) atoms. The van der Waals surface area contributed by atoms with E-state index < -0.39 is 0 Å². The van der Waals surface area contributed by atoms with Crippen LogP contribution in [0, 0.1) is 0 Å². The molecule has 0 aromatic carbocycles. The van der Waals surface area contributed by atoms with Crippen LogP contribution in [0.1, 0.15) is 65.0 Å². The van der Waals surface area contributed by atoms with E-state index in [-0.39, 0.29) is 5.54 Å². The lowest BCUT2D eigenvalue weighted by Crippen LogP contribution is -2.53. The van der Waals surface area contributed by atoms with Crippen LogP contribution in [0.4, 0.5) is 0 Å². The number of hydrogen-bond acceptors (Lipinski definition) is 3. The van der Waals surface area contributed by atoms with Gasteiger partial charge in [-0.05, 0) is 46.3 Å². The van der Waals surface area contributed by atoms with Gasteiger partial charge in [-0.15, -0.1) is 0 Å². The Hall–Kier alpha value is -0.870. The predicted octanol–water partition coefficient (Wildman–Crippen LogP) is 3.45. The lowest BCUT2D eigenvalue weighted by molar-refractivity contribution is 0.0881. The van der Waals surface area contributed by atoms with Crippen molar-refractivity contribution in [1.82, 2.24) is 20.0 Å². The lowest BCUT2D eigenvalue weighted by Gasteiger charge is -2.45. The molecule has 1 atom stereocenters.